The fourth-order valence-electron chi connectivity index (χ4n) is 0.164. The van der Waals surface area contributed by atoms with Crippen molar-refractivity contribution in [3.63, 3.8) is 0 Å². The summed E-state index contributed by atoms with van der Waals surface area (Å²) in [5, 5.41) is 6.89. The molecule has 0 aliphatic carbocycles. The minimum atomic E-state index is -0.391. The van der Waals surface area contributed by atoms with Crippen molar-refractivity contribution < 1.29 is 14.7 Å². The van der Waals surface area contributed by atoms with Gasteiger partial charge >= 0.3 is 0 Å². The lowest BCUT2D eigenvalue weighted by molar-refractivity contribution is -0.122. The first-order chi connectivity index (χ1) is 4.18. The van der Waals surface area contributed by atoms with Gasteiger partial charge in [0.05, 0.1) is 0 Å². The van der Waals surface area contributed by atoms with Gasteiger partial charge in [-0.1, -0.05) is 6.08 Å². The summed E-state index contributed by atoms with van der Waals surface area (Å²) in [5.41, 5.74) is 4.68. The average Bonchev–Trinajstić information content (AvgIpc) is 1.67. The molecule has 0 bridgehead atoms. The highest BCUT2D eigenvalue weighted by molar-refractivity contribution is 5.85. The molecule has 0 aromatic heterocycles. The molecule has 0 radical (unpaired) electrons. The highest BCUT2D eigenvalue weighted by Crippen LogP contribution is 1.62. The number of amides is 1. The van der Waals surface area contributed by atoms with E-state index >= 15 is 0 Å². The van der Waals surface area contributed by atoms with Crippen molar-refractivity contribution in [1.82, 2.24) is 0 Å². The summed E-state index contributed by atoms with van der Waals surface area (Å²) in [7, 11) is 0. The number of carbonyl (C=O) groups excluding carboxylic acids is 1. The average molecular weight is 131 g/mol. The maximum atomic E-state index is 9.73. The maximum absolute atomic E-state index is 9.73. The topological polar surface area (TPSA) is 80.4 Å². The molecule has 3 N–H and O–H groups in total. The van der Waals surface area contributed by atoms with Gasteiger partial charge in [-0.3, -0.25) is 9.59 Å². The Bertz CT molecular complexity index is 109. The Morgan fingerprint density at radius 2 is 2.00 bits per heavy atom. The van der Waals surface area contributed by atoms with E-state index in [2.05, 4.69) is 5.73 Å². The molecule has 4 nitrogen and oxygen atoms in total. The number of carboxylic acid groups (broad SMARTS) is 1. The summed E-state index contributed by atoms with van der Waals surface area (Å²) < 4.78 is 0. The van der Waals surface area contributed by atoms with Crippen LogP contribution in [0.5, 0.6) is 0 Å². The third-order valence-corrected chi connectivity index (χ3v) is 0.331. The fraction of sp³-hybridized carbons (Fsp3) is 0.200. The monoisotopic (exact) mass is 131 g/mol. The maximum Gasteiger partial charge on any atom is 0.290 e. The second-order valence-corrected chi connectivity index (χ2v) is 1.01. The van der Waals surface area contributed by atoms with Crippen LogP contribution < -0.4 is 5.73 Å². The van der Waals surface area contributed by atoms with Gasteiger partial charge in [-0.15, -0.1) is 0 Å². The van der Waals surface area contributed by atoms with Crippen molar-refractivity contribution in [2.75, 3.05) is 0 Å². The van der Waals surface area contributed by atoms with Gasteiger partial charge in [-0.05, 0) is 13.0 Å². The molecular formula is C5H9NO3. The van der Waals surface area contributed by atoms with Crippen molar-refractivity contribution in [1.29, 1.82) is 0 Å². The van der Waals surface area contributed by atoms with Crippen LogP contribution in [0.25, 0.3) is 0 Å². The van der Waals surface area contributed by atoms with Gasteiger partial charge in [-0.2, -0.15) is 0 Å². The molecule has 1 amide bonds. The SMILES string of the molecule is CC=CC(N)=O.O=CO. The van der Waals surface area contributed by atoms with Gasteiger partial charge in [0.25, 0.3) is 6.47 Å². The molecule has 4 heteroatoms. The lowest BCUT2D eigenvalue weighted by Crippen LogP contribution is -2.04. The Hall–Kier alpha value is -1.32. The van der Waals surface area contributed by atoms with E-state index in [0.29, 0.717) is 0 Å². The minimum absolute atomic E-state index is 0.250. The quantitative estimate of drug-likeness (QED) is 0.380. The Labute approximate surface area is 53.0 Å². The molecule has 0 atom stereocenters. The Kier molecular flexibility index (Phi) is 11.6. The second kappa shape index (κ2) is 9.84. The molecule has 0 saturated heterocycles. The van der Waals surface area contributed by atoms with Crippen LogP contribution in [0.2, 0.25) is 0 Å². The zero-order chi connectivity index (χ0) is 7.70. The van der Waals surface area contributed by atoms with Crippen molar-refractivity contribution in [2.24, 2.45) is 5.73 Å². The number of hydrogen-bond acceptors (Lipinski definition) is 2. The van der Waals surface area contributed by atoms with E-state index in [1.165, 1.54) is 6.08 Å². The van der Waals surface area contributed by atoms with Gasteiger partial charge in [0.1, 0.15) is 0 Å². The largest absolute Gasteiger partial charge is 0.483 e. The van der Waals surface area contributed by atoms with E-state index in [-0.39, 0.29) is 6.47 Å². The zero-order valence-electron chi connectivity index (χ0n) is 5.07. The summed E-state index contributed by atoms with van der Waals surface area (Å²) in [6, 6.07) is 0. The summed E-state index contributed by atoms with van der Waals surface area (Å²) in [6.07, 6.45) is 2.91. The Morgan fingerprint density at radius 3 is 2.00 bits per heavy atom. The molecule has 52 valence electrons. The van der Waals surface area contributed by atoms with Crippen LogP contribution in [0, 0.1) is 0 Å². The molecule has 0 rings (SSSR count). The molecular weight excluding hydrogens is 122 g/mol. The molecule has 0 aliphatic heterocycles. The number of hydrogen-bond donors (Lipinski definition) is 2. The standard InChI is InChI=1S/C4H7NO.CH2O2/c1-2-3-4(5)6;2-1-3/h2-3H,1H3,(H2,5,6);1H,(H,2,3). The fourth-order valence-corrected chi connectivity index (χ4v) is 0.164. The summed E-state index contributed by atoms with van der Waals surface area (Å²) in [4.78, 5) is 18.1. The Balaban J connectivity index is 0. The number of rotatable bonds is 1. The van der Waals surface area contributed by atoms with Crippen LogP contribution in [-0.4, -0.2) is 17.5 Å². The van der Waals surface area contributed by atoms with Crippen molar-refractivity contribution >= 4 is 12.4 Å². The van der Waals surface area contributed by atoms with Crippen LogP contribution in [0.1, 0.15) is 6.92 Å². The zero-order valence-corrected chi connectivity index (χ0v) is 5.07. The van der Waals surface area contributed by atoms with E-state index in [1.807, 2.05) is 0 Å². The molecule has 0 aromatic rings. The smallest absolute Gasteiger partial charge is 0.290 e. The van der Waals surface area contributed by atoms with Gasteiger partial charge in [-0.25, -0.2) is 0 Å². The van der Waals surface area contributed by atoms with Crippen LogP contribution in [-0.2, 0) is 9.59 Å². The normalized spacial score (nSPS) is 7.67. The summed E-state index contributed by atoms with van der Waals surface area (Å²) >= 11 is 0. The van der Waals surface area contributed by atoms with Crippen LogP contribution in [0.4, 0.5) is 0 Å². The minimum Gasteiger partial charge on any atom is -0.483 e. The molecule has 9 heavy (non-hydrogen) atoms. The third kappa shape index (κ3) is 51.8. The molecule has 0 spiro atoms. The second-order valence-electron chi connectivity index (χ2n) is 1.01. The molecule has 0 saturated carbocycles. The third-order valence-electron chi connectivity index (χ3n) is 0.331. The van der Waals surface area contributed by atoms with Gasteiger partial charge < -0.3 is 10.8 Å². The van der Waals surface area contributed by atoms with Crippen LogP contribution in [0.3, 0.4) is 0 Å². The van der Waals surface area contributed by atoms with E-state index in [4.69, 9.17) is 9.90 Å². The molecule has 0 fully saturated rings. The Morgan fingerprint density at radius 1 is 1.67 bits per heavy atom. The first kappa shape index (κ1) is 10.6. The lowest BCUT2D eigenvalue weighted by Gasteiger charge is -1.70. The molecule has 0 aromatic carbocycles. The molecule has 0 aliphatic rings. The number of carbonyl (C=O) groups is 2. The predicted molar refractivity (Wildman–Crippen MR) is 32.7 cm³/mol. The molecule has 0 heterocycles. The highest BCUT2D eigenvalue weighted by Gasteiger charge is 1.73. The van der Waals surface area contributed by atoms with Crippen molar-refractivity contribution in [3.8, 4) is 0 Å². The van der Waals surface area contributed by atoms with Crippen molar-refractivity contribution in [3.05, 3.63) is 12.2 Å². The first-order valence-corrected chi connectivity index (χ1v) is 2.19. The predicted octanol–water partition coefficient (Wildman–Crippen LogP) is -0.251. The number of primary amides is 1. The van der Waals surface area contributed by atoms with E-state index in [0.717, 1.165) is 0 Å². The van der Waals surface area contributed by atoms with E-state index < -0.39 is 5.91 Å². The van der Waals surface area contributed by atoms with Gasteiger partial charge in [0.15, 0.2) is 0 Å². The number of nitrogens with two attached hydrogens (primary N) is 1. The van der Waals surface area contributed by atoms with Gasteiger partial charge in [0, 0.05) is 0 Å². The highest BCUT2D eigenvalue weighted by atomic mass is 16.3. The van der Waals surface area contributed by atoms with Crippen LogP contribution >= 0.6 is 0 Å². The summed E-state index contributed by atoms with van der Waals surface area (Å²) in [6.45, 7) is 1.49. The number of allylic oxidation sites excluding steroid dienone is 1. The van der Waals surface area contributed by atoms with E-state index in [9.17, 15) is 4.79 Å². The van der Waals surface area contributed by atoms with Gasteiger partial charge in [0.2, 0.25) is 5.91 Å². The molecule has 0 unspecified atom stereocenters. The first-order valence-electron chi connectivity index (χ1n) is 2.19. The lowest BCUT2D eigenvalue weighted by atomic mass is 10.5. The van der Waals surface area contributed by atoms with E-state index in [1.54, 1.807) is 13.0 Å². The summed E-state index contributed by atoms with van der Waals surface area (Å²) in [5.74, 6) is -0.391. The van der Waals surface area contributed by atoms with Crippen LogP contribution in [0.15, 0.2) is 12.2 Å². The van der Waals surface area contributed by atoms with Crippen molar-refractivity contribution in [2.45, 2.75) is 6.92 Å².